The highest BCUT2D eigenvalue weighted by Gasteiger charge is 2.28. The molecule has 0 aliphatic heterocycles. The Kier molecular flexibility index (Phi) is 6.97. The van der Waals surface area contributed by atoms with Crippen LogP contribution in [0.15, 0.2) is 152 Å². The first-order valence-corrected chi connectivity index (χ1v) is 17.8. The van der Waals surface area contributed by atoms with Crippen molar-refractivity contribution in [1.29, 1.82) is 0 Å². The van der Waals surface area contributed by atoms with Crippen LogP contribution in [-0.4, -0.2) is 20.4 Å². The third-order valence-electron chi connectivity index (χ3n) is 10.9. The van der Waals surface area contributed by atoms with Crippen molar-refractivity contribution in [2.45, 2.75) is 20.3 Å². The Hall–Kier alpha value is -6.65. The van der Waals surface area contributed by atoms with E-state index < -0.39 is 0 Å². The highest BCUT2D eigenvalue weighted by Crippen LogP contribution is 2.50. The Bertz CT molecular complexity index is 2830. The van der Waals surface area contributed by atoms with Crippen molar-refractivity contribution in [3.8, 4) is 67.0 Å². The van der Waals surface area contributed by atoms with Gasteiger partial charge in [-0.1, -0.05) is 146 Å². The molecule has 0 saturated heterocycles. The Morgan fingerprint density at radius 3 is 1.94 bits per heavy atom. The number of para-hydroxylation sites is 1. The molecule has 1 aliphatic carbocycles. The molecule has 0 radical (unpaired) electrons. The SMILES string of the molecule is Cc1cc2c(c(-c3ccccc3-c3ccc4c([nH]c5ccccc54)c3-c3nnnc(-c4ccccc4)c3-c3ccccc3)c1C)Cc1ccccc1-2. The van der Waals surface area contributed by atoms with Crippen LogP contribution in [0.1, 0.15) is 22.3 Å². The predicted molar refractivity (Wildman–Crippen MR) is 214 cm³/mol. The van der Waals surface area contributed by atoms with Crippen molar-refractivity contribution in [3.63, 3.8) is 0 Å². The molecule has 1 N–H and O–H groups in total. The van der Waals surface area contributed by atoms with E-state index in [2.05, 4.69) is 158 Å². The number of benzene rings is 7. The molecule has 2 heterocycles. The minimum absolute atomic E-state index is 0.792. The Labute approximate surface area is 302 Å². The highest BCUT2D eigenvalue weighted by atomic mass is 15.3. The minimum Gasteiger partial charge on any atom is -0.354 e. The molecule has 10 rings (SSSR count). The molecular weight excluding hydrogens is 633 g/mol. The molecule has 9 aromatic rings. The van der Waals surface area contributed by atoms with Gasteiger partial charge < -0.3 is 4.98 Å². The monoisotopic (exact) mass is 666 g/mol. The van der Waals surface area contributed by atoms with E-state index in [9.17, 15) is 0 Å². The topological polar surface area (TPSA) is 54.5 Å². The quantitative estimate of drug-likeness (QED) is 0.199. The lowest BCUT2D eigenvalue weighted by Gasteiger charge is -2.21. The molecule has 2 aromatic heterocycles. The first-order chi connectivity index (χ1) is 25.7. The Morgan fingerprint density at radius 1 is 0.481 bits per heavy atom. The molecule has 1 aliphatic rings. The lowest BCUT2D eigenvalue weighted by Crippen LogP contribution is -2.02. The number of nitrogens with zero attached hydrogens (tertiary/aromatic N) is 3. The standard InChI is InChI=1S/C48H34N4/c1-29-27-40-34-20-10-9-19-33(34)28-41(40)43(30(29)2)37-23-12-11-21-35(37)38-25-26-39-36-22-13-14-24-42(36)49-47(39)45(38)48-44(31-15-5-3-6-16-31)46(50-52-51-48)32-17-7-4-8-18-32/h3-27,49H,28H2,1-2H3. The molecule has 0 atom stereocenters. The van der Waals surface area contributed by atoms with Gasteiger partial charge in [-0.15, -0.1) is 10.2 Å². The Balaban J connectivity index is 1.32. The average molecular weight is 667 g/mol. The molecule has 7 aromatic carbocycles. The molecule has 4 nitrogen and oxygen atoms in total. The highest BCUT2D eigenvalue weighted by molar-refractivity contribution is 6.16. The van der Waals surface area contributed by atoms with Crippen molar-refractivity contribution in [2.24, 2.45) is 0 Å². The summed E-state index contributed by atoms with van der Waals surface area (Å²) >= 11 is 0. The van der Waals surface area contributed by atoms with Gasteiger partial charge in [0.2, 0.25) is 0 Å². The maximum atomic E-state index is 4.96. The second kappa shape index (κ2) is 12.0. The van der Waals surface area contributed by atoms with Crippen LogP contribution in [0.2, 0.25) is 0 Å². The molecule has 4 heteroatoms. The second-order valence-electron chi connectivity index (χ2n) is 13.8. The van der Waals surface area contributed by atoms with Crippen LogP contribution in [0.3, 0.4) is 0 Å². The number of hydrogen-bond acceptors (Lipinski definition) is 3. The zero-order chi connectivity index (χ0) is 34.8. The number of aryl methyl sites for hydroxylation is 1. The van der Waals surface area contributed by atoms with Crippen LogP contribution in [0, 0.1) is 13.8 Å². The molecule has 52 heavy (non-hydrogen) atoms. The van der Waals surface area contributed by atoms with Gasteiger partial charge in [-0.05, 0) is 92.7 Å². The summed E-state index contributed by atoms with van der Waals surface area (Å²) in [4.78, 5) is 3.84. The summed E-state index contributed by atoms with van der Waals surface area (Å²) < 4.78 is 0. The van der Waals surface area contributed by atoms with E-state index in [0.717, 1.165) is 67.6 Å². The fraction of sp³-hybridized carbons (Fsp3) is 0.0625. The first kappa shape index (κ1) is 30.2. The van der Waals surface area contributed by atoms with Gasteiger partial charge in [-0.3, -0.25) is 0 Å². The largest absolute Gasteiger partial charge is 0.354 e. The summed E-state index contributed by atoms with van der Waals surface area (Å²) in [6, 6.07) is 54.0. The van der Waals surface area contributed by atoms with Crippen LogP contribution in [-0.2, 0) is 6.42 Å². The van der Waals surface area contributed by atoms with E-state index in [1.54, 1.807) is 0 Å². The molecular formula is C48H34N4. The van der Waals surface area contributed by atoms with E-state index in [1.807, 2.05) is 18.2 Å². The molecule has 0 spiro atoms. The fourth-order valence-corrected chi connectivity index (χ4v) is 8.39. The maximum Gasteiger partial charge on any atom is 0.108 e. The summed E-state index contributed by atoms with van der Waals surface area (Å²) in [5.41, 5.74) is 20.6. The number of aromatic amines is 1. The zero-order valence-electron chi connectivity index (χ0n) is 29.0. The van der Waals surface area contributed by atoms with E-state index in [0.29, 0.717) is 0 Å². The molecule has 246 valence electrons. The van der Waals surface area contributed by atoms with Gasteiger partial charge in [0.1, 0.15) is 11.4 Å². The zero-order valence-corrected chi connectivity index (χ0v) is 29.0. The van der Waals surface area contributed by atoms with E-state index in [4.69, 9.17) is 10.2 Å². The summed E-state index contributed by atoms with van der Waals surface area (Å²) in [7, 11) is 0. The summed E-state index contributed by atoms with van der Waals surface area (Å²) in [5, 5.41) is 16.5. The normalized spacial score (nSPS) is 12.0. The predicted octanol–water partition coefficient (Wildman–Crippen LogP) is 12.0. The van der Waals surface area contributed by atoms with Gasteiger partial charge in [0, 0.05) is 33.0 Å². The summed E-state index contributed by atoms with van der Waals surface area (Å²) in [6.45, 7) is 4.52. The lowest BCUT2D eigenvalue weighted by atomic mass is 9.83. The van der Waals surface area contributed by atoms with Crippen LogP contribution < -0.4 is 0 Å². The number of aromatic nitrogens is 4. The maximum absolute atomic E-state index is 4.96. The van der Waals surface area contributed by atoms with Crippen LogP contribution in [0.25, 0.3) is 88.8 Å². The van der Waals surface area contributed by atoms with E-state index in [-0.39, 0.29) is 0 Å². The van der Waals surface area contributed by atoms with Crippen molar-refractivity contribution < 1.29 is 0 Å². The second-order valence-corrected chi connectivity index (χ2v) is 13.8. The van der Waals surface area contributed by atoms with Crippen molar-refractivity contribution in [1.82, 2.24) is 20.4 Å². The van der Waals surface area contributed by atoms with Crippen molar-refractivity contribution >= 4 is 21.8 Å². The Morgan fingerprint density at radius 2 is 1.13 bits per heavy atom. The van der Waals surface area contributed by atoms with Crippen LogP contribution in [0.4, 0.5) is 0 Å². The number of nitrogens with one attached hydrogen (secondary N) is 1. The van der Waals surface area contributed by atoms with Crippen LogP contribution in [0.5, 0.6) is 0 Å². The lowest BCUT2D eigenvalue weighted by molar-refractivity contribution is 0.879. The summed E-state index contributed by atoms with van der Waals surface area (Å²) in [6.07, 6.45) is 0.915. The van der Waals surface area contributed by atoms with Gasteiger partial charge in [0.25, 0.3) is 0 Å². The van der Waals surface area contributed by atoms with Crippen LogP contribution >= 0.6 is 0 Å². The minimum atomic E-state index is 0.792. The molecule has 0 amide bonds. The van der Waals surface area contributed by atoms with Gasteiger partial charge in [0.15, 0.2) is 0 Å². The summed E-state index contributed by atoms with van der Waals surface area (Å²) in [5.74, 6) is 0. The van der Waals surface area contributed by atoms with Crippen molar-refractivity contribution in [2.75, 3.05) is 0 Å². The van der Waals surface area contributed by atoms with Gasteiger partial charge in [-0.2, -0.15) is 0 Å². The number of hydrogen-bond donors (Lipinski definition) is 1. The van der Waals surface area contributed by atoms with E-state index >= 15 is 0 Å². The smallest absolute Gasteiger partial charge is 0.108 e. The molecule has 0 bridgehead atoms. The van der Waals surface area contributed by atoms with Gasteiger partial charge in [0.05, 0.1) is 5.52 Å². The van der Waals surface area contributed by atoms with Crippen molar-refractivity contribution in [3.05, 3.63) is 174 Å². The van der Waals surface area contributed by atoms with Gasteiger partial charge in [-0.25, -0.2) is 0 Å². The third-order valence-corrected chi connectivity index (χ3v) is 10.9. The fourth-order valence-electron chi connectivity index (χ4n) is 8.39. The van der Waals surface area contributed by atoms with E-state index in [1.165, 1.54) is 49.9 Å². The molecule has 0 saturated carbocycles. The number of H-pyrrole nitrogens is 1. The molecule has 0 fully saturated rings. The first-order valence-electron chi connectivity index (χ1n) is 17.8. The third kappa shape index (κ3) is 4.65. The average Bonchev–Trinajstić information content (AvgIpc) is 3.76. The number of fused-ring (bicyclic) bond motifs is 6. The molecule has 0 unspecified atom stereocenters. The van der Waals surface area contributed by atoms with Gasteiger partial charge >= 0.3 is 0 Å². The number of rotatable bonds is 5.